The third-order valence-electron chi connectivity index (χ3n) is 5.12. The highest BCUT2D eigenvalue weighted by atomic mass is 32.1. The molecule has 1 aromatic carbocycles. The molecule has 2 unspecified atom stereocenters. The molecule has 162 valence electrons. The Bertz CT molecular complexity index is 889. The van der Waals surface area contributed by atoms with Crippen molar-refractivity contribution >= 4 is 23.3 Å². The number of thiazole rings is 1. The molecule has 0 spiro atoms. The Morgan fingerprint density at radius 3 is 2.60 bits per heavy atom. The Labute approximate surface area is 182 Å². The molecule has 2 amide bonds. The molecule has 7 heteroatoms. The van der Waals surface area contributed by atoms with E-state index in [-0.39, 0.29) is 18.0 Å². The number of aryl methyl sites for hydroxylation is 1. The second-order valence-electron chi connectivity index (χ2n) is 8.81. The van der Waals surface area contributed by atoms with E-state index < -0.39 is 11.7 Å². The number of rotatable bonds is 4. The first kappa shape index (κ1) is 22.3. The molecule has 2 aromatic rings. The van der Waals surface area contributed by atoms with Gasteiger partial charge >= 0.3 is 6.09 Å². The summed E-state index contributed by atoms with van der Waals surface area (Å²) in [6.45, 7) is 9.89. The van der Waals surface area contributed by atoms with Gasteiger partial charge in [0.2, 0.25) is 0 Å². The van der Waals surface area contributed by atoms with E-state index >= 15 is 0 Å². The Morgan fingerprint density at radius 1 is 1.23 bits per heavy atom. The van der Waals surface area contributed by atoms with Crippen LogP contribution in [-0.4, -0.2) is 46.1 Å². The molecule has 0 bridgehead atoms. The van der Waals surface area contributed by atoms with Crippen molar-refractivity contribution in [3.63, 3.8) is 0 Å². The van der Waals surface area contributed by atoms with E-state index in [9.17, 15) is 9.59 Å². The molecule has 0 saturated carbocycles. The summed E-state index contributed by atoms with van der Waals surface area (Å²) >= 11 is 1.43. The van der Waals surface area contributed by atoms with Crippen molar-refractivity contribution in [2.24, 2.45) is 0 Å². The lowest BCUT2D eigenvalue weighted by Gasteiger charge is -2.40. The maximum absolute atomic E-state index is 13.7. The highest BCUT2D eigenvalue weighted by Crippen LogP contribution is 2.32. The van der Waals surface area contributed by atoms with Gasteiger partial charge in [0, 0.05) is 24.2 Å². The highest BCUT2D eigenvalue weighted by Gasteiger charge is 2.35. The van der Waals surface area contributed by atoms with Gasteiger partial charge in [-0.15, -0.1) is 11.3 Å². The van der Waals surface area contributed by atoms with Crippen LogP contribution in [0.1, 0.15) is 61.6 Å². The molecule has 2 atom stereocenters. The van der Waals surface area contributed by atoms with Gasteiger partial charge in [-0.2, -0.15) is 0 Å². The van der Waals surface area contributed by atoms with Gasteiger partial charge in [0.1, 0.15) is 10.5 Å². The van der Waals surface area contributed by atoms with Crippen LogP contribution in [0.25, 0.3) is 11.3 Å². The fourth-order valence-corrected chi connectivity index (χ4v) is 4.73. The molecule has 2 heterocycles. The van der Waals surface area contributed by atoms with Crippen LogP contribution in [0.5, 0.6) is 0 Å². The molecule has 1 aliphatic rings. The number of likely N-dealkylation sites (tertiary alicyclic amines) is 1. The number of carbonyl (C=O) groups excluding carboxylic acids is 2. The lowest BCUT2D eigenvalue weighted by atomic mass is 9.95. The van der Waals surface area contributed by atoms with Crippen LogP contribution in [0.15, 0.2) is 30.3 Å². The number of amides is 2. The fraction of sp³-hybridized carbons (Fsp3) is 0.522. The fourth-order valence-electron chi connectivity index (χ4n) is 3.85. The summed E-state index contributed by atoms with van der Waals surface area (Å²) in [6, 6.07) is 9.85. The molecule has 1 aliphatic heterocycles. The second-order valence-corrected chi connectivity index (χ2v) is 10.0. The van der Waals surface area contributed by atoms with Crippen molar-refractivity contribution in [1.29, 1.82) is 0 Å². The molecular weight excluding hydrogens is 398 g/mol. The van der Waals surface area contributed by atoms with E-state index in [1.54, 1.807) is 0 Å². The number of carbonyl (C=O) groups is 2. The van der Waals surface area contributed by atoms with E-state index in [0.717, 1.165) is 35.5 Å². The first-order valence-electron chi connectivity index (χ1n) is 10.5. The predicted molar refractivity (Wildman–Crippen MR) is 120 cm³/mol. The Hall–Kier alpha value is -2.41. The Kier molecular flexibility index (Phi) is 6.81. The molecule has 6 nitrogen and oxygen atoms in total. The van der Waals surface area contributed by atoms with E-state index in [1.807, 2.05) is 62.9 Å². The minimum atomic E-state index is -0.551. The monoisotopic (exact) mass is 429 g/mol. The quantitative estimate of drug-likeness (QED) is 0.740. The number of nitrogens with zero attached hydrogens (tertiary/aromatic N) is 2. The summed E-state index contributed by atoms with van der Waals surface area (Å²) in [6.07, 6.45) is 2.38. The molecule has 1 saturated heterocycles. The third kappa shape index (κ3) is 5.39. The minimum Gasteiger partial charge on any atom is -0.444 e. The number of nitrogens with one attached hydrogen (secondary N) is 1. The summed E-state index contributed by atoms with van der Waals surface area (Å²) in [5.74, 6) is -0.0114. The van der Waals surface area contributed by atoms with Crippen LogP contribution in [-0.2, 0) is 4.74 Å². The largest absolute Gasteiger partial charge is 0.444 e. The van der Waals surface area contributed by atoms with Gasteiger partial charge in [0.05, 0.1) is 10.7 Å². The van der Waals surface area contributed by atoms with Crippen LogP contribution in [0.3, 0.4) is 0 Å². The number of hydrogen-bond acceptors (Lipinski definition) is 5. The minimum absolute atomic E-state index is 0.0114. The summed E-state index contributed by atoms with van der Waals surface area (Å²) in [5.41, 5.74) is 1.13. The van der Waals surface area contributed by atoms with Crippen molar-refractivity contribution in [3.8, 4) is 11.3 Å². The number of piperidine rings is 1. The molecule has 1 aromatic heterocycles. The number of alkyl carbamates (subject to hydrolysis) is 1. The van der Waals surface area contributed by atoms with Gasteiger partial charge in [-0.05, 0) is 53.9 Å². The van der Waals surface area contributed by atoms with Gasteiger partial charge in [0.25, 0.3) is 5.91 Å². The molecule has 30 heavy (non-hydrogen) atoms. The smallest absolute Gasteiger partial charge is 0.407 e. The summed E-state index contributed by atoms with van der Waals surface area (Å²) in [4.78, 5) is 33.0. The zero-order valence-electron chi connectivity index (χ0n) is 18.4. The number of hydrogen-bond donors (Lipinski definition) is 1. The normalized spacial score (nSPS) is 19.4. The standard InChI is InChI=1S/C23H31N3O3S/c1-15-10-9-13-18(14-24-22(28)29-23(3,4)5)26(15)21(27)20-19(25-16(2)30-20)17-11-7-6-8-12-17/h6-8,11-12,15,18H,9-10,13-14H2,1-5H3,(H,24,28). The topological polar surface area (TPSA) is 71.5 Å². The first-order chi connectivity index (χ1) is 14.2. The number of benzene rings is 1. The lowest BCUT2D eigenvalue weighted by molar-refractivity contribution is 0.0396. The SMILES string of the molecule is Cc1nc(-c2ccccc2)c(C(=O)N2C(C)CCCC2CNC(=O)OC(C)(C)C)s1. The van der Waals surface area contributed by atoms with Crippen molar-refractivity contribution in [1.82, 2.24) is 15.2 Å². The van der Waals surface area contributed by atoms with Crippen LogP contribution < -0.4 is 5.32 Å². The average Bonchev–Trinajstić information content (AvgIpc) is 3.07. The van der Waals surface area contributed by atoms with Gasteiger partial charge in [-0.1, -0.05) is 30.3 Å². The molecule has 0 aliphatic carbocycles. The maximum Gasteiger partial charge on any atom is 0.407 e. The number of ether oxygens (including phenoxy) is 1. The average molecular weight is 430 g/mol. The van der Waals surface area contributed by atoms with Gasteiger partial charge in [0.15, 0.2) is 0 Å². The highest BCUT2D eigenvalue weighted by molar-refractivity contribution is 7.14. The zero-order chi connectivity index (χ0) is 21.9. The number of aromatic nitrogens is 1. The molecular formula is C23H31N3O3S. The lowest BCUT2D eigenvalue weighted by Crippen LogP contribution is -2.53. The van der Waals surface area contributed by atoms with Crippen molar-refractivity contribution < 1.29 is 14.3 Å². The predicted octanol–water partition coefficient (Wildman–Crippen LogP) is 5.03. The third-order valence-corrected chi connectivity index (χ3v) is 6.08. The van der Waals surface area contributed by atoms with Crippen LogP contribution in [0.2, 0.25) is 0 Å². The summed E-state index contributed by atoms with van der Waals surface area (Å²) in [5, 5.41) is 3.72. The van der Waals surface area contributed by atoms with Crippen molar-refractivity contribution in [2.45, 2.75) is 71.6 Å². The van der Waals surface area contributed by atoms with E-state index in [1.165, 1.54) is 11.3 Å². The van der Waals surface area contributed by atoms with Crippen LogP contribution in [0.4, 0.5) is 4.79 Å². The summed E-state index contributed by atoms with van der Waals surface area (Å²) in [7, 11) is 0. The van der Waals surface area contributed by atoms with E-state index in [0.29, 0.717) is 11.4 Å². The molecule has 1 fully saturated rings. The van der Waals surface area contributed by atoms with Gasteiger partial charge in [-0.25, -0.2) is 9.78 Å². The molecule has 3 rings (SSSR count). The van der Waals surface area contributed by atoms with E-state index in [2.05, 4.69) is 17.2 Å². The van der Waals surface area contributed by atoms with Gasteiger partial charge < -0.3 is 15.0 Å². The summed E-state index contributed by atoms with van der Waals surface area (Å²) < 4.78 is 5.35. The zero-order valence-corrected chi connectivity index (χ0v) is 19.2. The van der Waals surface area contributed by atoms with Gasteiger partial charge in [-0.3, -0.25) is 4.79 Å². The first-order valence-corrected chi connectivity index (χ1v) is 11.3. The van der Waals surface area contributed by atoms with E-state index in [4.69, 9.17) is 4.74 Å². The molecule has 0 radical (unpaired) electrons. The second kappa shape index (κ2) is 9.16. The Balaban J connectivity index is 1.81. The molecule has 1 N–H and O–H groups in total. The van der Waals surface area contributed by atoms with Crippen molar-refractivity contribution in [2.75, 3.05) is 6.54 Å². The van der Waals surface area contributed by atoms with Crippen LogP contribution in [0, 0.1) is 6.92 Å². The van der Waals surface area contributed by atoms with Crippen molar-refractivity contribution in [3.05, 3.63) is 40.2 Å². The van der Waals surface area contributed by atoms with Crippen LogP contribution >= 0.6 is 11.3 Å². The maximum atomic E-state index is 13.7. The Morgan fingerprint density at radius 2 is 1.93 bits per heavy atom.